The first-order chi connectivity index (χ1) is 8.68. The zero-order valence-corrected chi connectivity index (χ0v) is 9.59. The van der Waals surface area contributed by atoms with E-state index in [0.29, 0.717) is 4.90 Å². The van der Waals surface area contributed by atoms with Gasteiger partial charge in [-0.15, -0.1) is 0 Å². The summed E-state index contributed by atoms with van der Waals surface area (Å²) >= 11 is 0. The Morgan fingerprint density at radius 1 is 1.28 bits per heavy atom. The maximum Gasteiger partial charge on any atom is 0.414 e. The van der Waals surface area contributed by atoms with Gasteiger partial charge < -0.3 is 9.47 Å². The first-order valence-corrected chi connectivity index (χ1v) is 5.53. The van der Waals surface area contributed by atoms with Crippen LogP contribution in [0.1, 0.15) is 5.56 Å². The number of ether oxygens (including phenoxy) is 2. The second kappa shape index (κ2) is 5.77. The molecule has 1 aromatic carbocycles. The van der Waals surface area contributed by atoms with Crippen LogP contribution in [0.2, 0.25) is 0 Å². The molecule has 1 amide bonds. The van der Waals surface area contributed by atoms with Gasteiger partial charge in [0.1, 0.15) is 6.61 Å². The zero-order valence-electron chi connectivity index (χ0n) is 9.59. The Kier molecular flexibility index (Phi) is 4.09. The van der Waals surface area contributed by atoms with Gasteiger partial charge in [-0.3, -0.25) is 0 Å². The van der Waals surface area contributed by atoms with E-state index in [1.165, 1.54) is 0 Å². The molecule has 0 aliphatic carbocycles. The average Bonchev–Trinajstić information content (AvgIpc) is 2.37. The molecule has 0 spiro atoms. The highest BCUT2D eigenvalue weighted by atomic mass is 19.2. The predicted molar refractivity (Wildman–Crippen MR) is 59.1 cm³/mol. The van der Waals surface area contributed by atoms with Gasteiger partial charge >= 0.3 is 6.09 Å². The van der Waals surface area contributed by atoms with Crippen LogP contribution in [0.25, 0.3) is 0 Å². The lowest BCUT2D eigenvalue weighted by Crippen LogP contribution is -2.51. The van der Waals surface area contributed by atoms with E-state index in [4.69, 9.17) is 4.74 Å². The first-order valence-electron chi connectivity index (χ1n) is 5.53. The van der Waals surface area contributed by atoms with Crippen LogP contribution in [0.5, 0.6) is 0 Å². The maximum atomic E-state index is 13.3. The molecule has 0 radical (unpaired) electrons. The molecule has 1 aliphatic heterocycles. The molecule has 0 N–H and O–H groups in total. The molecular weight excluding hydrogens is 244 g/mol. The summed E-state index contributed by atoms with van der Waals surface area (Å²) < 4.78 is 36.2. The molecule has 0 saturated carbocycles. The van der Waals surface area contributed by atoms with Gasteiger partial charge in [0.15, 0.2) is 0 Å². The molecule has 2 unspecified atom stereocenters. The number of rotatable bonds is 2. The van der Waals surface area contributed by atoms with Crippen molar-refractivity contribution >= 4 is 6.09 Å². The van der Waals surface area contributed by atoms with E-state index in [9.17, 15) is 13.6 Å². The Bertz CT molecular complexity index is 392. The Morgan fingerprint density at radius 2 is 1.89 bits per heavy atom. The van der Waals surface area contributed by atoms with Gasteiger partial charge in [-0.05, 0) is 5.56 Å². The summed E-state index contributed by atoms with van der Waals surface area (Å²) in [6, 6.07) is 8.91. The van der Waals surface area contributed by atoms with Crippen molar-refractivity contribution in [3.63, 3.8) is 0 Å². The second-order valence-electron chi connectivity index (χ2n) is 3.85. The van der Waals surface area contributed by atoms with Crippen LogP contribution in [0.15, 0.2) is 30.3 Å². The standard InChI is InChI=1S/C12H13F2NO3/c13-10-7-17-8-11(14)15(10)12(16)18-6-9-4-2-1-3-5-9/h1-5,10-11H,6-8H2. The monoisotopic (exact) mass is 257 g/mol. The molecule has 2 atom stereocenters. The summed E-state index contributed by atoms with van der Waals surface area (Å²) in [6.45, 7) is -0.682. The number of hydrogen-bond donors (Lipinski definition) is 0. The smallest absolute Gasteiger partial charge is 0.414 e. The van der Waals surface area contributed by atoms with Crippen LogP contribution in [0.4, 0.5) is 13.6 Å². The third kappa shape index (κ3) is 2.95. The lowest BCUT2D eigenvalue weighted by Gasteiger charge is -2.32. The Morgan fingerprint density at radius 3 is 2.50 bits per heavy atom. The van der Waals surface area contributed by atoms with Gasteiger partial charge in [0.25, 0.3) is 0 Å². The largest absolute Gasteiger partial charge is 0.444 e. The van der Waals surface area contributed by atoms with Gasteiger partial charge in [-0.2, -0.15) is 0 Å². The van der Waals surface area contributed by atoms with Crippen molar-refractivity contribution in [1.82, 2.24) is 4.90 Å². The van der Waals surface area contributed by atoms with Crippen molar-refractivity contribution in [2.45, 2.75) is 19.2 Å². The summed E-state index contributed by atoms with van der Waals surface area (Å²) in [5, 5.41) is 0. The molecule has 0 aromatic heterocycles. The van der Waals surface area contributed by atoms with Crippen molar-refractivity contribution in [2.75, 3.05) is 13.2 Å². The van der Waals surface area contributed by atoms with Crippen molar-refractivity contribution in [2.24, 2.45) is 0 Å². The van der Waals surface area contributed by atoms with E-state index in [-0.39, 0.29) is 19.8 Å². The fourth-order valence-electron chi connectivity index (χ4n) is 1.62. The van der Waals surface area contributed by atoms with Crippen molar-refractivity contribution in [3.8, 4) is 0 Å². The van der Waals surface area contributed by atoms with Crippen molar-refractivity contribution in [1.29, 1.82) is 0 Å². The molecule has 1 heterocycles. The normalized spacial score (nSPS) is 23.8. The molecule has 1 aromatic rings. The highest BCUT2D eigenvalue weighted by molar-refractivity contribution is 5.68. The molecule has 18 heavy (non-hydrogen) atoms. The third-order valence-electron chi connectivity index (χ3n) is 2.53. The predicted octanol–water partition coefficient (Wildman–Crippen LogP) is 2.25. The maximum absolute atomic E-state index is 13.3. The van der Waals surface area contributed by atoms with Crippen LogP contribution in [0.3, 0.4) is 0 Å². The molecule has 1 aliphatic rings. The Labute approximate surface area is 103 Å². The second-order valence-corrected chi connectivity index (χ2v) is 3.85. The van der Waals surface area contributed by atoms with E-state index >= 15 is 0 Å². The molecule has 6 heteroatoms. The molecule has 1 saturated heterocycles. The fourth-order valence-corrected chi connectivity index (χ4v) is 1.62. The van der Waals surface area contributed by atoms with Crippen LogP contribution in [-0.2, 0) is 16.1 Å². The summed E-state index contributed by atoms with van der Waals surface area (Å²) in [5.74, 6) is 0. The summed E-state index contributed by atoms with van der Waals surface area (Å²) in [7, 11) is 0. The van der Waals surface area contributed by atoms with E-state index in [0.717, 1.165) is 5.56 Å². The highest BCUT2D eigenvalue weighted by Crippen LogP contribution is 2.17. The zero-order chi connectivity index (χ0) is 13.0. The molecule has 0 bridgehead atoms. The number of carbonyl (C=O) groups is 1. The van der Waals surface area contributed by atoms with Crippen LogP contribution in [-0.4, -0.2) is 36.8 Å². The van der Waals surface area contributed by atoms with E-state index in [1.54, 1.807) is 24.3 Å². The van der Waals surface area contributed by atoms with Gasteiger partial charge in [0.05, 0.1) is 13.2 Å². The number of hydrogen-bond acceptors (Lipinski definition) is 3. The molecule has 1 fully saturated rings. The number of alkyl halides is 2. The van der Waals surface area contributed by atoms with E-state index in [2.05, 4.69) is 4.74 Å². The number of morpholine rings is 1. The lowest BCUT2D eigenvalue weighted by molar-refractivity contribution is -0.126. The van der Waals surface area contributed by atoms with Gasteiger partial charge in [-0.25, -0.2) is 18.5 Å². The minimum atomic E-state index is -1.81. The van der Waals surface area contributed by atoms with E-state index in [1.807, 2.05) is 6.07 Å². The average molecular weight is 257 g/mol. The number of carbonyl (C=O) groups excluding carboxylic acids is 1. The molecular formula is C12H13F2NO3. The minimum Gasteiger partial charge on any atom is -0.444 e. The first kappa shape index (κ1) is 12.8. The summed E-state index contributed by atoms with van der Waals surface area (Å²) in [5.41, 5.74) is 0.755. The molecule has 98 valence electrons. The van der Waals surface area contributed by atoms with Gasteiger partial charge in [0, 0.05) is 0 Å². The number of halogens is 2. The minimum absolute atomic E-state index is 0.0174. The summed E-state index contributed by atoms with van der Waals surface area (Å²) in [6.07, 6.45) is -4.63. The lowest BCUT2D eigenvalue weighted by atomic mass is 10.2. The number of benzene rings is 1. The fraction of sp³-hybridized carbons (Fsp3) is 0.417. The number of amides is 1. The van der Waals surface area contributed by atoms with Crippen LogP contribution >= 0.6 is 0 Å². The van der Waals surface area contributed by atoms with Gasteiger partial charge in [0.2, 0.25) is 12.6 Å². The van der Waals surface area contributed by atoms with Gasteiger partial charge in [-0.1, -0.05) is 30.3 Å². The number of nitrogens with zero attached hydrogens (tertiary/aromatic N) is 1. The summed E-state index contributed by atoms with van der Waals surface area (Å²) in [4.78, 5) is 12.0. The third-order valence-corrected chi connectivity index (χ3v) is 2.53. The Balaban J connectivity index is 1.91. The SMILES string of the molecule is O=C(OCc1ccccc1)N1C(F)COCC1F. The van der Waals surface area contributed by atoms with Crippen LogP contribution in [0, 0.1) is 0 Å². The molecule has 2 rings (SSSR count). The van der Waals surface area contributed by atoms with E-state index < -0.39 is 18.7 Å². The topological polar surface area (TPSA) is 38.8 Å². The van der Waals surface area contributed by atoms with Crippen molar-refractivity contribution in [3.05, 3.63) is 35.9 Å². The van der Waals surface area contributed by atoms with Crippen molar-refractivity contribution < 1.29 is 23.0 Å². The molecule has 4 nitrogen and oxygen atoms in total. The highest BCUT2D eigenvalue weighted by Gasteiger charge is 2.36. The quantitative estimate of drug-likeness (QED) is 0.763. The Hall–Kier alpha value is -1.69. The van der Waals surface area contributed by atoms with Crippen LogP contribution < -0.4 is 0 Å².